The van der Waals surface area contributed by atoms with Crippen molar-refractivity contribution in [2.75, 3.05) is 0 Å². The standard InChI is InChI=1S/C8H8F2.C8H14F2.C8H8F2.C8H15F.C8H9F.C8H16.C8H10/c1-5-3-7(9)6(2)8(10)4-5;1-6-3-4-7(2)8(9,10)5-6;1-5-3-4-6(2)8(10)7(5)9;2*1-6-3-4-7(2)8(9)5-6;2*1-7-3-5-8(2)6-4-7/h3-4H,1-2H3;6-7H,3-5H2,1-2H3;3-4H,1-2H3;6-8H,3-5H2,1-2H3;3-5H,1-2H3;7-8H,3-6H2,1-2H3;3-6H,1-2H3. The van der Waals surface area contributed by atoms with E-state index in [2.05, 4.69) is 58.9 Å². The van der Waals surface area contributed by atoms with Crippen LogP contribution in [0.15, 0.2) is 66.7 Å². The van der Waals surface area contributed by atoms with Crippen molar-refractivity contribution in [1.29, 1.82) is 0 Å². The molecular formula is C56H80F8. The average Bonchev–Trinajstić information content (AvgIpc) is 3.22. The largest absolute Gasteiger partial charge is 0.250 e. The van der Waals surface area contributed by atoms with E-state index in [4.69, 9.17) is 0 Å². The van der Waals surface area contributed by atoms with Crippen molar-refractivity contribution >= 4 is 0 Å². The van der Waals surface area contributed by atoms with Crippen LogP contribution in [0.5, 0.6) is 0 Å². The molecule has 4 aromatic carbocycles. The second kappa shape index (κ2) is 29.1. The molecule has 0 saturated heterocycles. The van der Waals surface area contributed by atoms with E-state index >= 15 is 0 Å². The number of alkyl halides is 3. The topological polar surface area (TPSA) is 0 Å². The van der Waals surface area contributed by atoms with Gasteiger partial charge in [0.1, 0.15) is 23.6 Å². The second-order valence-corrected chi connectivity index (χ2v) is 19.4. The molecule has 5 unspecified atom stereocenters. The monoisotopic (exact) mass is 905 g/mol. The average molecular weight is 905 g/mol. The number of hydrogen-bond acceptors (Lipinski definition) is 0. The van der Waals surface area contributed by atoms with Crippen LogP contribution >= 0.6 is 0 Å². The molecule has 3 aliphatic carbocycles. The Bertz CT molecular complexity index is 1830. The number of halogens is 8. The molecule has 3 aliphatic rings. The maximum atomic E-state index is 12.8. The highest BCUT2D eigenvalue weighted by atomic mass is 19.3. The minimum Gasteiger partial charge on any atom is -0.247 e. The summed E-state index contributed by atoms with van der Waals surface area (Å²) in [5.74, 6) is -2.13. The Morgan fingerprint density at radius 3 is 1.16 bits per heavy atom. The van der Waals surface area contributed by atoms with E-state index < -0.39 is 41.3 Å². The highest BCUT2D eigenvalue weighted by molar-refractivity contribution is 5.25. The van der Waals surface area contributed by atoms with E-state index in [-0.39, 0.29) is 23.7 Å². The maximum absolute atomic E-state index is 12.8. The Hall–Kier alpha value is -3.68. The lowest BCUT2D eigenvalue weighted by Gasteiger charge is -2.32. The van der Waals surface area contributed by atoms with Crippen LogP contribution in [-0.4, -0.2) is 12.1 Å². The van der Waals surface area contributed by atoms with E-state index in [0.29, 0.717) is 40.5 Å². The smallest absolute Gasteiger partial charge is 0.247 e. The minimum atomic E-state index is -2.39. The fourth-order valence-electron chi connectivity index (χ4n) is 7.25. The summed E-state index contributed by atoms with van der Waals surface area (Å²) < 4.78 is 102. The van der Waals surface area contributed by atoms with Crippen molar-refractivity contribution in [3.05, 3.63) is 140 Å². The number of rotatable bonds is 0. The molecule has 0 nitrogen and oxygen atoms in total. The molecule has 0 aliphatic heterocycles. The third kappa shape index (κ3) is 23.0. The summed E-state index contributed by atoms with van der Waals surface area (Å²) in [7, 11) is 0. The van der Waals surface area contributed by atoms with Gasteiger partial charge in [-0.25, -0.2) is 35.1 Å². The van der Waals surface area contributed by atoms with Crippen molar-refractivity contribution in [1.82, 2.24) is 0 Å². The van der Waals surface area contributed by atoms with E-state index in [9.17, 15) is 35.1 Å². The zero-order chi connectivity index (χ0) is 48.9. The Morgan fingerprint density at radius 1 is 0.422 bits per heavy atom. The van der Waals surface area contributed by atoms with Crippen molar-refractivity contribution in [2.24, 2.45) is 35.5 Å². The molecule has 0 spiro atoms. The molecule has 3 fully saturated rings. The summed E-state index contributed by atoms with van der Waals surface area (Å²) in [5, 5.41) is 0. The van der Waals surface area contributed by atoms with Crippen LogP contribution in [0.25, 0.3) is 0 Å². The molecule has 8 heteroatoms. The summed E-state index contributed by atoms with van der Waals surface area (Å²) in [4.78, 5) is 0. The Morgan fingerprint density at radius 2 is 0.797 bits per heavy atom. The fourth-order valence-corrected chi connectivity index (χ4v) is 7.25. The van der Waals surface area contributed by atoms with Crippen molar-refractivity contribution in [3.63, 3.8) is 0 Å². The van der Waals surface area contributed by atoms with E-state index in [1.54, 1.807) is 39.0 Å². The van der Waals surface area contributed by atoms with Gasteiger partial charge in [-0.1, -0.05) is 140 Å². The lowest BCUT2D eigenvalue weighted by molar-refractivity contribution is -0.0927. The molecule has 7 rings (SSSR count). The Kier molecular flexibility index (Phi) is 26.5. The molecule has 4 aromatic rings. The van der Waals surface area contributed by atoms with Gasteiger partial charge in [-0.2, -0.15) is 0 Å². The van der Waals surface area contributed by atoms with Crippen LogP contribution in [0.3, 0.4) is 0 Å². The summed E-state index contributed by atoms with van der Waals surface area (Å²) in [5.41, 5.74) is 5.74. The molecule has 0 heterocycles. The van der Waals surface area contributed by atoms with E-state index in [1.165, 1.54) is 82.2 Å². The first-order valence-corrected chi connectivity index (χ1v) is 23.3. The molecule has 0 radical (unpaired) electrons. The first-order valence-electron chi connectivity index (χ1n) is 23.3. The first-order chi connectivity index (χ1) is 29.7. The zero-order valence-electron chi connectivity index (χ0n) is 41.5. The van der Waals surface area contributed by atoms with Crippen molar-refractivity contribution < 1.29 is 35.1 Å². The third-order valence-corrected chi connectivity index (χ3v) is 12.5. The predicted molar refractivity (Wildman–Crippen MR) is 254 cm³/mol. The van der Waals surface area contributed by atoms with Gasteiger partial charge in [-0.3, -0.25) is 0 Å². The summed E-state index contributed by atoms with van der Waals surface area (Å²) >= 11 is 0. The molecule has 3 saturated carbocycles. The summed E-state index contributed by atoms with van der Waals surface area (Å²) in [6.45, 7) is 26.4. The quantitative estimate of drug-likeness (QED) is 0.154. The highest BCUT2D eigenvalue weighted by Gasteiger charge is 2.40. The van der Waals surface area contributed by atoms with Gasteiger partial charge in [0, 0.05) is 17.9 Å². The number of aryl methyl sites for hydroxylation is 7. The third-order valence-electron chi connectivity index (χ3n) is 12.5. The number of benzene rings is 4. The molecular weight excluding hydrogens is 825 g/mol. The normalized spacial score (nSPS) is 23.1. The van der Waals surface area contributed by atoms with Crippen LogP contribution in [-0.2, 0) is 0 Å². The molecule has 360 valence electrons. The zero-order valence-corrected chi connectivity index (χ0v) is 41.5. The molecule has 0 N–H and O–H groups in total. The predicted octanol–water partition coefficient (Wildman–Crippen LogP) is 18.6. The van der Waals surface area contributed by atoms with Crippen LogP contribution in [0.4, 0.5) is 35.1 Å². The Balaban J connectivity index is 0.000000374. The van der Waals surface area contributed by atoms with E-state index in [0.717, 1.165) is 36.7 Å². The van der Waals surface area contributed by atoms with Crippen molar-refractivity contribution in [2.45, 2.75) is 173 Å². The van der Waals surface area contributed by atoms with E-state index in [1.807, 2.05) is 26.8 Å². The molecule has 0 aromatic heterocycles. The molecule has 0 amide bonds. The van der Waals surface area contributed by atoms with Gasteiger partial charge in [0.15, 0.2) is 11.6 Å². The van der Waals surface area contributed by atoms with Crippen LogP contribution < -0.4 is 0 Å². The second-order valence-electron chi connectivity index (χ2n) is 19.4. The van der Waals surface area contributed by atoms with Gasteiger partial charge < -0.3 is 0 Å². The lowest BCUT2D eigenvalue weighted by atomic mass is 9.81. The SMILES string of the molecule is CC1CCC(C)C(F)(F)C1.CC1CCC(C)C(F)C1.CC1CCC(C)CC1.Cc1cc(F)c(C)c(F)c1.Cc1ccc(C)c(F)c1.Cc1ccc(C)c(F)c1F.Cc1ccc(C)cc1. The highest BCUT2D eigenvalue weighted by Crippen LogP contribution is 2.40. The van der Waals surface area contributed by atoms with Gasteiger partial charge in [0.25, 0.3) is 5.92 Å². The fraction of sp³-hybridized carbons (Fsp3) is 0.571. The van der Waals surface area contributed by atoms with Gasteiger partial charge in [-0.15, -0.1) is 0 Å². The van der Waals surface area contributed by atoms with Crippen LogP contribution in [0.1, 0.15) is 150 Å². The minimum absolute atomic E-state index is 0.0885. The lowest BCUT2D eigenvalue weighted by Crippen LogP contribution is -2.32. The first kappa shape index (κ1) is 58.3. The molecule has 0 bridgehead atoms. The van der Waals surface area contributed by atoms with Gasteiger partial charge in [0.2, 0.25) is 0 Å². The Labute approximate surface area is 383 Å². The number of hydrogen-bond donors (Lipinski definition) is 0. The maximum Gasteiger partial charge on any atom is 0.250 e. The van der Waals surface area contributed by atoms with Gasteiger partial charge >= 0.3 is 0 Å². The summed E-state index contributed by atoms with van der Waals surface area (Å²) in [6.07, 6.45) is 10.2. The van der Waals surface area contributed by atoms with Crippen LogP contribution in [0.2, 0.25) is 0 Å². The molecule has 64 heavy (non-hydrogen) atoms. The van der Waals surface area contributed by atoms with Gasteiger partial charge in [0.05, 0.1) is 0 Å². The summed E-state index contributed by atoms with van der Waals surface area (Å²) in [6, 6.07) is 19.5. The van der Waals surface area contributed by atoms with Gasteiger partial charge in [-0.05, 0) is 150 Å². The van der Waals surface area contributed by atoms with Crippen LogP contribution in [0, 0.1) is 120 Å². The van der Waals surface area contributed by atoms with Crippen molar-refractivity contribution in [3.8, 4) is 0 Å². The molecule has 5 atom stereocenters.